The van der Waals surface area contributed by atoms with Gasteiger partial charge in [0.1, 0.15) is 17.2 Å². The fourth-order valence-corrected chi connectivity index (χ4v) is 5.57. The molecule has 0 radical (unpaired) electrons. The summed E-state index contributed by atoms with van der Waals surface area (Å²) in [5.41, 5.74) is 3.80. The molecule has 0 fully saturated rings. The molecule has 48 heavy (non-hydrogen) atoms. The van der Waals surface area contributed by atoms with E-state index in [1.54, 1.807) is 48.9 Å². The van der Waals surface area contributed by atoms with Crippen LogP contribution in [-0.4, -0.2) is 52.6 Å². The Balaban J connectivity index is 1.52. The van der Waals surface area contributed by atoms with Gasteiger partial charge in [-0.1, -0.05) is 49.2 Å². The SMILES string of the molecule is CCCCN1/C(=C/C=C(/C=c2/c(-c3ccc(Cl)cc3)nn3c(-c4ccccc4OCC)nnc23)C(=O)OCC)Oc2cc(OC)ccc21. The number of nitrogens with zero attached hydrogens (tertiary/aromatic N) is 5. The molecule has 0 saturated heterocycles. The van der Waals surface area contributed by atoms with Gasteiger partial charge in [-0.25, -0.2) is 4.79 Å². The summed E-state index contributed by atoms with van der Waals surface area (Å²) in [6.07, 6.45) is 7.18. The number of esters is 1. The molecule has 246 valence electrons. The van der Waals surface area contributed by atoms with Crippen molar-refractivity contribution in [3.63, 3.8) is 0 Å². The van der Waals surface area contributed by atoms with E-state index in [1.165, 1.54) is 0 Å². The van der Waals surface area contributed by atoms with E-state index >= 15 is 0 Å². The van der Waals surface area contributed by atoms with E-state index in [1.807, 2.05) is 61.5 Å². The van der Waals surface area contributed by atoms with E-state index in [2.05, 4.69) is 22.0 Å². The predicted molar refractivity (Wildman–Crippen MR) is 186 cm³/mol. The van der Waals surface area contributed by atoms with Gasteiger partial charge in [-0.3, -0.25) is 0 Å². The molecule has 0 atom stereocenters. The number of fused-ring (bicyclic) bond motifs is 2. The number of ether oxygens (including phenoxy) is 4. The molecule has 0 bridgehead atoms. The van der Waals surface area contributed by atoms with Crippen molar-refractivity contribution in [3.8, 4) is 39.9 Å². The summed E-state index contributed by atoms with van der Waals surface area (Å²) in [5.74, 6) is 2.63. The van der Waals surface area contributed by atoms with Crippen LogP contribution in [0.3, 0.4) is 0 Å². The number of hydrogen-bond acceptors (Lipinski definition) is 9. The highest BCUT2D eigenvalue weighted by Crippen LogP contribution is 2.41. The first kappa shape index (κ1) is 32.6. The van der Waals surface area contributed by atoms with Crippen molar-refractivity contribution in [2.45, 2.75) is 33.6 Å². The normalized spacial score (nSPS) is 14.0. The van der Waals surface area contributed by atoms with Gasteiger partial charge >= 0.3 is 5.97 Å². The maximum absolute atomic E-state index is 13.5. The van der Waals surface area contributed by atoms with Crippen molar-refractivity contribution in [2.75, 3.05) is 31.8 Å². The van der Waals surface area contributed by atoms with Crippen LogP contribution in [0.4, 0.5) is 5.69 Å². The maximum atomic E-state index is 13.5. The molecule has 10 nitrogen and oxygen atoms in total. The van der Waals surface area contributed by atoms with E-state index in [-0.39, 0.29) is 12.2 Å². The molecule has 0 N–H and O–H groups in total. The molecule has 0 aliphatic carbocycles. The first-order valence-electron chi connectivity index (χ1n) is 15.9. The van der Waals surface area contributed by atoms with Crippen LogP contribution in [0.15, 0.2) is 90.3 Å². The molecular weight excluding hydrogens is 630 g/mol. The summed E-state index contributed by atoms with van der Waals surface area (Å²) >= 11 is 6.24. The van der Waals surface area contributed by atoms with Gasteiger partial charge < -0.3 is 23.8 Å². The van der Waals surface area contributed by atoms with Crippen LogP contribution in [0, 0.1) is 0 Å². The molecule has 3 heterocycles. The molecule has 1 aliphatic rings. The van der Waals surface area contributed by atoms with Crippen LogP contribution in [0.1, 0.15) is 33.6 Å². The lowest BCUT2D eigenvalue weighted by atomic mass is 10.1. The molecule has 5 aromatic rings. The fourth-order valence-electron chi connectivity index (χ4n) is 5.45. The number of aromatic nitrogens is 4. The van der Waals surface area contributed by atoms with Gasteiger partial charge in [-0.15, -0.1) is 10.2 Å². The van der Waals surface area contributed by atoms with Gasteiger partial charge in [-0.2, -0.15) is 9.61 Å². The van der Waals surface area contributed by atoms with Crippen LogP contribution in [0.5, 0.6) is 17.2 Å². The molecule has 6 rings (SSSR count). The van der Waals surface area contributed by atoms with Gasteiger partial charge in [0.15, 0.2) is 17.2 Å². The third-order valence-corrected chi connectivity index (χ3v) is 8.02. The lowest BCUT2D eigenvalue weighted by Crippen LogP contribution is -2.21. The van der Waals surface area contributed by atoms with Crippen molar-refractivity contribution in [2.24, 2.45) is 0 Å². The van der Waals surface area contributed by atoms with Crippen LogP contribution >= 0.6 is 11.6 Å². The van der Waals surface area contributed by atoms with Crippen molar-refractivity contribution >= 4 is 35.0 Å². The zero-order valence-electron chi connectivity index (χ0n) is 27.3. The van der Waals surface area contributed by atoms with Gasteiger partial charge in [0, 0.05) is 23.2 Å². The van der Waals surface area contributed by atoms with Crippen molar-refractivity contribution in [1.29, 1.82) is 0 Å². The van der Waals surface area contributed by atoms with Crippen molar-refractivity contribution in [3.05, 3.63) is 101 Å². The summed E-state index contributed by atoms with van der Waals surface area (Å²) in [5, 5.41) is 15.2. The first-order valence-corrected chi connectivity index (χ1v) is 16.3. The van der Waals surface area contributed by atoms with Crippen LogP contribution in [0.2, 0.25) is 5.02 Å². The highest BCUT2D eigenvalue weighted by atomic mass is 35.5. The highest BCUT2D eigenvalue weighted by molar-refractivity contribution is 6.30. The molecule has 0 saturated carbocycles. The monoisotopic (exact) mass is 665 g/mol. The van der Waals surface area contributed by atoms with Gasteiger partial charge in [0.25, 0.3) is 0 Å². The third-order valence-electron chi connectivity index (χ3n) is 7.77. The first-order chi connectivity index (χ1) is 23.4. The molecule has 11 heteroatoms. The molecule has 3 aromatic carbocycles. The quantitative estimate of drug-likeness (QED) is 0.103. The maximum Gasteiger partial charge on any atom is 0.338 e. The topological polar surface area (TPSA) is 100 Å². The zero-order valence-corrected chi connectivity index (χ0v) is 28.0. The number of hydrogen-bond donors (Lipinski definition) is 0. The number of carbonyl (C=O) groups is 1. The highest BCUT2D eigenvalue weighted by Gasteiger charge is 2.26. The Hall–Kier alpha value is -5.35. The lowest BCUT2D eigenvalue weighted by molar-refractivity contribution is -0.137. The predicted octanol–water partition coefficient (Wildman–Crippen LogP) is 7.05. The molecule has 0 amide bonds. The Bertz CT molecular complexity index is 2050. The van der Waals surface area contributed by atoms with Gasteiger partial charge in [0.05, 0.1) is 42.4 Å². The summed E-state index contributed by atoms with van der Waals surface area (Å²) in [6.45, 7) is 7.27. The van der Waals surface area contributed by atoms with Gasteiger partial charge in [-0.05, 0) is 74.9 Å². The Morgan fingerprint density at radius 1 is 1.00 bits per heavy atom. The second-order valence-electron chi connectivity index (χ2n) is 10.9. The fraction of sp³-hybridized carbons (Fsp3) is 0.243. The molecular formula is C37H36ClN5O5. The average molecular weight is 666 g/mol. The Kier molecular flexibility index (Phi) is 9.91. The van der Waals surface area contributed by atoms with E-state index in [0.29, 0.717) is 57.1 Å². The summed E-state index contributed by atoms with van der Waals surface area (Å²) in [6, 6.07) is 20.7. The minimum atomic E-state index is -0.505. The Morgan fingerprint density at radius 2 is 1.81 bits per heavy atom. The molecule has 0 spiro atoms. The van der Waals surface area contributed by atoms with Gasteiger partial charge in [0.2, 0.25) is 5.88 Å². The largest absolute Gasteiger partial charge is 0.497 e. The third kappa shape index (κ3) is 6.57. The van der Waals surface area contributed by atoms with Crippen LogP contribution < -0.4 is 24.3 Å². The summed E-state index contributed by atoms with van der Waals surface area (Å²) in [7, 11) is 1.62. The molecule has 2 aromatic heterocycles. The Morgan fingerprint density at radius 3 is 2.56 bits per heavy atom. The van der Waals surface area contributed by atoms with E-state index in [0.717, 1.165) is 36.2 Å². The van der Waals surface area contributed by atoms with Crippen LogP contribution in [-0.2, 0) is 9.53 Å². The number of methoxy groups -OCH3 is 1. The summed E-state index contributed by atoms with van der Waals surface area (Å²) in [4.78, 5) is 15.6. The number of para-hydroxylation sites is 1. The van der Waals surface area contributed by atoms with Crippen molar-refractivity contribution < 1.29 is 23.7 Å². The van der Waals surface area contributed by atoms with Crippen molar-refractivity contribution in [1.82, 2.24) is 19.8 Å². The van der Waals surface area contributed by atoms with E-state index in [4.69, 9.17) is 35.6 Å². The number of anilines is 1. The number of unbranched alkanes of at least 4 members (excludes halogenated alkanes) is 1. The minimum Gasteiger partial charge on any atom is -0.497 e. The van der Waals surface area contributed by atoms with E-state index < -0.39 is 5.97 Å². The molecule has 1 aliphatic heterocycles. The standard InChI is InChI=1S/C37H36ClN5O5/c1-5-8-21-42-30-19-18-27(45-4)23-32(30)48-33(42)20-15-25(37(44)47-7-3)22-29-34(24-13-16-26(38)17-14-24)41-43-35(39-40-36(29)43)28-11-9-10-12-31(28)46-6-2/h9-20,22-23H,5-8,21H2,1-4H3/b25-15-,29-22-,33-20-. The number of carbonyl (C=O) groups excluding carboxylic acids is 1. The number of allylic oxidation sites excluding steroid dienone is 2. The second-order valence-corrected chi connectivity index (χ2v) is 11.3. The number of benzene rings is 3. The lowest BCUT2D eigenvalue weighted by Gasteiger charge is -2.17. The molecule has 0 unspecified atom stereocenters. The van der Waals surface area contributed by atoms with Crippen LogP contribution in [0.25, 0.3) is 34.4 Å². The smallest absolute Gasteiger partial charge is 0.338 e. The second kappa shape index (κ2) is 14.6. The number of rotatable bonds is 12. The number of halogens is 1. The zero-order chi connectivity index (χ0) is 33.6. The average Bonchev–Trinajstić information content (AvgIpc) is 3.78. The van der Waals surface area contributed by atoms with E-state index in [9.17, 15) is 4.79 Å². The minimum absolute atomic E-state index is 0.201. The summed E-state index contributed by atoms with van der Waals surface area (Å²) < 4.78 is 24.8. The Labute approximate surface area is 283 Å².